The number of aromatic nitrogens is 1. The van der Waals surface area contributed by atoms with Crippen LogP contribution in [0.3, 0.4) is 0 Å². The third-order valence-electron chi connectivity index (χ3n) is 6.47. The number of benzene rings is 1. The molecule has 0 bridgehead atoms. The Morgan fingerprint density at radius 1 is 1.10 bits per heavy atom. The lowest BCUT2D eigenvalue weighted by molar-refractivity contribution is -0.135. The van der Waals surface area contributed by atoms with Crippen molar-refractivity contribution in [2.75, 3.05) is 26.2 Å². The standard InChI is InChI=1S/C23H32N4O2/c1-2-19(25-22(28)21-16-17-8-4-5-9-20(17)24-21)23(29)27-14-10-18(11-15-27)26-12-6-3-7-13-26/h4-5,8-9,16,18-19,24H,2-3,6-7,10-15H2,1H3,(H,25,28). The van der Waals surface area contributed by atoms with E-state index < -0.39 is 6.04 Å². The average Bonchev–Trinajstić information content (AvgIpc) is 3.22. The summed E-state index contributed by atoms with van der Waals surface area (Å²) in [6.07, 6.45) is 6.63. The van der Waals surface area contributed by atoms with Crippen LogP contribution in [0.1, 0.15) is 55.9 Å². The molecule has 1 aromatic heterocycles. The molecule has 1 aromatic carbocycles. The number of carbonyl (C=O) groups excluding carboxylic acids is 2. The van der Waals surface area contributed by atoms with E-state index in [4.69, 9.17) is 0 Å². The quantitative estimate of drug-likeness (QED) is 0.816. The number of para-hydroxylation sites is 1. The predicted molar refractivity (Wildman–Crippen MR) is 115 cm³/mol. The highest BCUT2D eigenvalue weighted by Gasteiger charge is 2.31. The summed E-state index contributed by atoms with van der Waals surface area (Å²) in [6.45, 7) is 5.94. The van der Waals surface area contributed by atoms with Gasteiger partial charge in [0.25, 0.3) is 5.91 Å². The van der Waals surface area contributed by atoms with Crippen LogP contribution in [0.4, 0.5) is 0 Å². The summed E-state index contributed by atoms with van der Waals surface area (Å²) in [4.78, 5) is 33.4. The van der Waals surface area contributed by atoms with Gasteiger partial charge in [0.05, 0.1) is 0 Å². The third kappa shape index (κ3) is 4.47. The minimum Gasteiger partial charge on any atom is -0.351 e. The molecule has 0 spiro atoms. The molecule has 2 aliphatic rings. The second kappa shape index (κ2) is 8.99. The highest BCUT2D eigenvalue weighted by Crippen LogP contribution is 2.21. The Kier molecular flexibility index (Phi) is 6.19. The van der Waals surface area contributed by atoms with Gasteiger partial charge in [-0.05, 0) is 57.3 Å². The maximum atomic E-state index is 13.0. The molecule has 6 nitrogen and oxygen atoms in total. The topological polar surface area (TPSA) is 68.4 Å². The zero-order valence-corrected chi connectivity index (χ0v) is 17.3. The van der Waals surface area contributed by atoms with Gasteiger partial charge >= 0.3 is 0 Å². The van der Waals surface area contributed by atoms with Gasteiger partial charge in [-0.25, -0.2) is 0 Å². The summed E-state index contributed by atoms with van der Waals surface area (Å²) in [7, 11) is 0. The Labute approximate surface area is 172 Å². The zero-order chi connectivity index (χ0) is 20.2. The molecule has 1 unspecified atom stereocenters. The molecule has 2 amide bonds. The Balaban J connectivity index is 1.33. The Bertz CT molecular complexity index is 814. The van der Waals surface area contributed by atoms with Gasteiger partial charge in [0.2, 0.25) is 5.91 Å². The number of nitrogens with zero attached hydrogens (tertiary/aromatic N) is 2. The number of amides is 2. The smallest absolute Gasteiger partial charge is 0.268 e. The van der Waals surface area contributed by atoms with E-state index in [-0.39, 0.29) is 11.8 Å². The molecule has 4 rings (SSSR count). The van der Waals surface area contributed by atoms with E-state index in [1.807, 2.05) is 42.2 Å². The first kappa shape index (κ1) is 20.0. The van der Waals surface area contributed by atoms with Crippen LogP contribution in [0.5, 0.6) is 0 Å². The fourth-order valence-electron chi connectivity index (χ4n) is 4.73. The molecule has 0 aliphatic carbocycles. The van der Waals surface area contributed by atoms with Gasteiger partial charge in [0.1, 0.15) is 11.7 Å². The van der Waals surface area contributed by atoms with Crippen molar-refractivity contribution in [2.24, 2.45) is 0 Å². The first-order valence-corrected chi connectivity index (χ1v) is 11.1. The van der Waals surface area contributed by atoms with Crippen LogP contribution in [0.25, 0.3) is 10.9 Å². The number of rotatable bonds is 5. The molecule has 2 aliphatic heterocycles. The number of carbonyl (C=O) groups is 2. The first-order valence-electron chi connectivity index (χ1n) is 11.1. The lowest BCUT2D eigenvalue weighted by atomic mass is 9.99. The van der Waals surface area contributed by atoms with Crippen molar-refractivity contribution in [1.82, 2.24) is 20.1 Å². The van der Waals surface area contributed by atoms with E-state index in [0.29, 0.717) is 18.2 Å². The predicted octanol–water partition coefficient (Wildman–Crippen LogP) is 3.15. The fraction of sp³-hybridized carbons (Fsp3) is 0.565. The van der Waals surface area contributed by atoms with Gasteiger partial charge in [0.15, 0.2) is 0 Å². The van der Waals surface area contributed by atoms with Crippen molar-refractivity contribution >= 4 is 22.7 Å². The molecule has 2 fully saturated rings. The van der Waals surface area contributed by atoms with Crippen molar-refractivity contribution in [3.8, 4) is 0 Å². The second-order valence-corrected chi connectivity index (χ2v) is 8.36. The highest BCUT2D eigenvalue weighted by atomic mass is 16.2. The van der Waals surface area contributed by atoms with Crippen LogP contribution < -0.4 is 5.32 Å². The normalized spacial score (nSPS) is 20.0. The number of likely N-dealkylation sites (tertiary alicyclic amines) is 2. The van der Waals surface area contributed by atoms with Gasteiger partial charge in [-0.2, -0.15) is 0 Å². The monoisotopic (exact) mass is 396 g/mol. The van der Waals surface area contributed by atoms with Crippen LogP contribution in [0.15, 0.2) is 30.3 Å². The number of hydrogen-bond acceptors (Lipinski definition) is 3. The number of nitrogens with one attached hydrogen (secondary N) is 2. The second-order valence-electron chi connectivity index (χ2n) is 8.36. The molecule has 3 heterocycles. The van der Waals surface area contributed by atoms with Crippen LogP contribution in [-0.4, -0.2) is 64.9 Å². The van der Waals surface area contributed by atoms with Crippen molar-refractivity contribution < 1.29 is 9.59 Å². The largest absolute Gasteiger partial charge is 0.351 e. The van der Waals surface area contributed by atoms with Gasteiger partial charge < -0.3 is 20.1 Å². The number of aromatic amines is 1. The summed E-state index contributed by atoms with van der Waals surface area (Å²) in [5.41, 5.74) is 1.43. The minimum absolute atomic E-state index is 0.0501. The number of hydrogen-bond donors (Lipinski definition) is 2. The molecule has 156 valence electrons. The van der Waals surface area contributed by atoms with Crippen LogP contribution >= 0.6 is 0 Å². The van der Waals surface area contributed by atoms with Gasteiger partial charge in [0, 0.05) is 30.0 Å². The maximum Gasteiger partial charge on any atom is 0.268 e. The summed E-state index contributed by atoms with van der Waals surface area (Å²) >= 11 is 0. The summed E-state index contributed by atoms with van der Waals surface area (Å²) in [5.74, 6) is -0.168. The maximum absolute atomic E-state index is 13.0. The molecule has 29 heavy (non-hydrogen) atoms. The highest BCUT2D eigenvalue weighted by molar-refractivity contribution is 6.00. The fourth-order valence-corrected chi connectivity index (χ4v) is 4.73. The van der Waals surface area contributed by atoms with Crippen molar-refractivity contribution in [1.29, 1.82) is 0 Å². The first-order chi connectivity index (χ1) is 14.2. The Hall–Kier alpha value is -2.34. The van der Waals surface area contributed by atoms with Gasteiger partial charge in [-0.15, -0.1) is 0 Å². The molecular weight excluding hydrogens is 364 g/mol. The van der Waals surface area contributed by atoms with Crippen LogP contribution in [0, 0.1) is 0 Å². The van der Waals surface area contributed by atoms with Crippen molar-refractivity contribution in [2.45, 2.75) is 57.5 Å². The molecule has 0 radical (unpaired) electrons. The number of H-pyrrole nitrogens is 1. The Morgan fingerprint density at radius 2 is 1.83 bits per heavy atom. The molecule has 6 heteroatoms. The van der Waals surface area contributed by atoms with E-state index in [9.17, 15) is 9.59 Å². The zero-order valence-electron chi connectivity index (χ0n) is 17.3. The molecule has 1 atom stereocenters. The summed E-state index contributed by atoms with van der Waals surface area (Å²) in [6, 6.07) is 9.78. The summed E-state index contributed by atoms with van der Waals surface area (Å²) < 4.78 is 0. The molecule has 2 saturated heterocycles. The molecule has 2 aromatic rings. The molecule has 0 saturated carbocycles. The molecule has 2 N–H and O–H groups in total. The third-order valence-corrected chi connectivity index (χ3v) is 6.47. The number of piperidine rings is 2. The lowest BCUT2D eigenvalue weighted by Gasteiger charge is -2.41. The van der Waals surface area contributed by atoms with E-state index in [2.05, 4.69) is 15.2 Å². The molecular formula is C23H32N4O2. The van der Waals surface area contributed by atoms with Gasteiger partial charge in [-0.1, -0.05) is 31.5 Å². The summed E-state index contributed by atoms with van der Waals surface area (Å²) in [5, 5.41) is 3.94. The van der Waals surface area contributed by atoms with E-state index in [0.717, 1.165) is 36.8 Å². The van der Waals surface area contributed by atoms with Crippen molar-refractivity contribution in [3.63, 3.8) is 0 Å². The minimum atomic E-state index is -0.472. The van der Waals surface area contributed by atoms with E-state index >= 15 is 0 Å². The lowest BCUT2D eigenvalue weighted by Crippen LogP contribution is -2.53. The Morgan fingerprint density at radius 3 is 2.52 bits per heavy atom. The average molecular weight is 397 g/mol. The van der Waals surface area contributed by atoms with Gasteiger partial charge in [-0.3, -0.25) is 9.59 Å². The van der Waals surface area contributed by atoms with Crippen LogP contribution in [-0.2, 0) is 4.79 Å². The number of fused-ring (bicyclic) bond motifs is 1. The van der Waals surface area contributed by atoms with E-state index in [1.54, 1.807) is 0 Å². The van der Waals surface area contributed by atoms with Crippen molar-refractivity contribution in [3.05, 3.63) is 36.0 Å². The van der Waals surface area contributed by atoms with E-state index in [1.165, 1.54) is 32.4 Å². The SMILES string of the molecule is CCC(NC(=O)c1cc2ccccc2[nH]1)C(=O)N1CCC(N2CCCCC2)CC1. The van der Waals surface area contributed by atoms with Crippen LogP contribution in [0.2, 0.25) is 0 Å².